The van der Waals surface area contributed by atoms with E-state index in [0.29, 0.717) is 10.5 Å². The largest absolute Gasteiger partial charge is 0.616 e. The Morgan fingerprint density at radius 3 is 1.83 bits per heavy atom. The maximum absolute atomic E-state index is 11.9. The lowest BCUT2D eigenvalue weighted by Gasteiger charge is -2.21. The molecule has 0 N–H and O–H groups in total. The lowest BCUT2D eigenvalue weighted by molar-refractivity contribution is 0.571. The highest BCUT2D eigenvalue weighted by molar-refractivity contribution is 8.03. The molecule has 12 heavy (non-hydrogen) atoms. The van der Waals surface area contributed by atoms with Gasteiger partial charge in [0.15, 0.2) is 0 Å². The van der Waals surface area contributed by atoms with Gasteiger partial charge in [-0.25, -0.2) is 0 Å². The first kappa shape index (κ1) is 9.56. The van der Waals surface area contributed by atoms with Crippen LogP contribution in [0.2, 0.25) is 0 Å². The molecule has 2 aliphatic heterocycles. The van der Waals surface area contributed by atoms with E-state index in [2.05, 4.69) is 0 Å². The molecule has 0 amide bonds. The molecular formula is C8H14OS3. The normalized spacial score (nSPS) is 38.8. The van der Waals surface area contributed by atoms with E-state index in [0.717, 1.165) is 11.5 Å². The van der Waals surface area contributed by atoms with Crippen molar-refractivity contribution in [3.63, 3.8) is 0 Å². The van der Waals surface area contributed by atoms with Crippen molar-refractivity contribution in [1.82, 2.24) is 0 Å². The summed E-state index contributed by atoms with van der Waals surface area (Å²) in [6.07, 6.45) is 2.39. The average Bonchev–Trinajstić information content (AvgIpc) is 2.77. The van der Waals surface area contributed by atoms with Gasteiger partial charge < -0.3 is 4.55 Å². The second kappa shape index (κ2) is 4.49. The smallest absolute Gasteiger partial charge is 0.125 e. The van der Waals surface area contributed by atoms with E-state index in [1.165, 1.54) is 24.3 Å². The van der Waals surface area contributed by atoms with Crippen molar-refractivity contribution in [2.75, 3.05) is 23.0 Å². The van der Waals surface area contributed by atoms with Crippen molar-refractivity contribution in [1.29, 1.82) is 0 Å². The average molecular weight is 222 g/mol. The summed E-state index contributed by atoms with van der Waals surface area (Å²) < 4.78 is 11.9. The highest BCUT2D eigenvalue weighted by atomic mass is 32.2. The van der Waals surface area contributed by atoms with E-state index < -0.39 is 11.2 Å². The van der Waals surface area contributed by atoms with Crippen molar-refractivity contribution >= 4 is 34.7 Å². The number of rotatable bonds is 2. The highest BCUT2D eigenvalue weighted by Gasteiger charge is 2.35. The van der Waals surface area contributed by atoms with Gasteiger partial charge in [0.05, 0.1) is 0 Å². The molecule has 2 aliphatic rings. The van der Waals surface area contributed by atoms with Gasteiger partial charge in [-0.05, 0) is 22.7 Å². The minimum Gasteiger partial charge on any atom is -0.616 e. The van der Waals surface area contributed by atoms with Gasteiger partial charge in [0.2, 0.25) is 0 Å². The van der Waals surface area contributed by atoms with Crippen LogP contribution in [-0.2, 0) is 11.2 Å². The van der Waals surface area contributed by atoms with Crippen LogP contribution in [0, 0.1) is 0 Å². The molecule has 0 saturated carbocycles. The summed E-state index contributed by atoms with van der Waals surface area (Å²) in [6, 6.07) is 0. The quantitative estimate of drug-likeness (QED) is 0.665. The second-order valence-corrected chi connectivity index (χ2v) is 7.59. The topological polar surface area (TPSA) is 23.1 Å². The maximum Gasteiger partial charge on any atom is 0.125 e. The minimum absolute atomic E-state index is 0.512. The van der Waals surface area contributed by atoms with Crippen molar-refractivity contribution in [2.24, 2.45) is 0 Å². The summed E-state index contributed by atoms with van der Waals surface area (Å²) in [7, 11) is 0. The molecule has 70 valence electrons. The van der Waals surface area contributed by atoms with Crippen molar-refractivity contribution < 1.29 is 4.55 Å². The molecule has 0 radical (unpaired) electrons. The Morgan fingerprint density at radius 2 is 1.50 bits per heavy atom. The van der Waals surface area contributed by atoms with Gasteiger partial charge in [0, 0.05) is 24.3 Å². The second-order valence-electron chi connectivity index (χ2n) is 3.30. The molecule has 2 rings (SSSR count). The van der Waals surface area contributed by atoms with Gasteiger partial charge in [-0.1, -0.05) is 0 Å². The Labute approximate surface area is 85.6 Å². The fourth-order valence-corrected chi connectivity index (χ4v) is 6.95. The molecule has 2 saturated heterocycles. The molecule has 0 aromatic heterocycles. The molecule has 2 heterocycles. The lowest BCUT2D eigenvalue weighted by atomic mass is 10.4. The SMILES string of the molecule is [O-][S+](C1CCSC1)C1CCSC1. The Hall–Kier alpha value is 1.01. The standard InChI is InChI=1S/C8H14OS3/c9-12(7-1-3-10-5-7)8-2-4-11-6-8/h7-8H,1-6H2. The third-order valence-corrected chi connectivity index (χ3v) is 7.30. The van der Waals surface area contributed by atoms with Crippen LogP contribution in [0.3, 0.4) is 0 Å². The van der Waals surface area contributed by atoms with Gasteiger partial charge in [0.25, 0.3) is 0 Å². The minimum atomic E-state index is -0.512. The predicted molar refractivity (Wildman–Crippen MR) is 59.6 cm³/mol. The van der Waals surface area contributed by atoms with Crippen molar-refractivity contribution in [3.05, 3.63) is 0 Å². The van der Waals surface area contributed by atoms with Crippen molar-refractivity contribution in [3.8, 4) is 0 Å². The van der Waals surface area contributed by atoms with Gasteiger partial charge >= 0.3 is 0 Å². The van der Waals surface area contributed by atoms with E-state index in [9.17, 15) is 4.55 Å². The molecule has 2 atom stereocenters. The zero-order valence-electron chi connectivity index (χ0n) is 7.03. The first-order valence-corrected chi connectivity index (χ1v) is 8.01. The molecule has 4 heteroatoms. The van der Waals surface area contributed by atoms with Crippen LogP contribution in [0.25, 0.3) is 0 Å². The first-order valence-electron chi connectivity index (χ1n) is 4.43. The van der Waals surface area contributed by atoms with Crippen LogP contribution in [0.4, 0.5) is 0 Å². The molecule has 1 nitrogen and oxygen atoms in total. The lowest BCUT2D eigenvalue weighted by Crippen LogP contribution is -2.31. The van der Waals surface area contributed by atoms with Crippen LogP contribution in [-0.4, -0.2) is 38.1 Å². The molecule has 0 aromatic rings. The molecule has 0 aromatic carbocycles. The van der Waals surface area contributed by atoms with Gasteiger partial charge in [0.1, 0.15) is 10.5 Å². The fraction of sp³-hybridized carbons (Fsp3) is 1.00. The van der Waals surface area contributed by atoms with Gasteiger partial charge in [-0.3, -0.25) is 0 Å². The molecule has 2 fully saturated rings. The maximum atomic E-state index is 11.9. The van der Waals surface area contributed by atoms with Crippen molar-refractivity contribution in [2.45, 2.75) is 23.3 Å². The number of thioether (sulfide) groups is 2. The summed E-state index contributed by atoms with van der Waals surface area (Å²) >= 11 is 3.43. The highest BCUT2D eigenvalue weighted by Crippen LogP contribution is 2.31. The summed E-state index contributed by atoms with van der Waals surface area (Å²) in [5, 5.41) is 1.05. The van der Waals surface area contributed by atoms with Crippen LogP contribution in [0.15, 0.2) is 0 Å². The van der Waals surface area contributed by atoms with E-state index in [1.807, 2.05) is 23.5 Å². The van der Waals surface area contributed by atoms with E-state index in [4.69, 9.17) is 0 Å². The van der Waals surface area contributed by atoms with E-state index in [-0.39, 0.29) is 0 Å². The first-order chi connectivity index (χ1) is 5.88. The third-order valence-electron chi connectivity index (χ3n) is 2.43. The van der Waals surface area contributed by atoms with E-state index >= 15 is 0 Å². The summed E-state index contributed by atoms with van der Waals surface area (Å²) in [5.41, 5.74) is 0. The van der Waals surface area contributed by atoms with Crippen LogP contribution in [0.1, 0.15) is 12.8 Å². The van der Waals surface area contributed by atoms with E-state index in [1.54, 1.807) is 0 Å². The number of hydrogen-bond donors (Lipinski definition) is 0. The zero-order chi connectivity index (χ0) is 8.39. The van der Waals surface area contributed by atoms with Crippen LogP contribution < -0.4 is 0 Å². The summed E-state index contributed by atoms with van der Waals surface area (Å²) in [4.78, 5) is 0. The summed E-state index contributed by atoms with van der Waals surface area (Å²) in [5.74, 6) is 4.76. The number of hydrogen-bond acceptors (Lipinski definition) is 3. The molecule has 0 bridgehead atoms. The Bertz CT molecular complexity index is 125. The molecule has 0 spiro atoms. The Kier molecular flexibility index (Phi) is 3.58. The fourth-order valence-electron chi connectivity index (χ4n) is 1.66. The van der Waals surface area contributed by atoms with Crippen LogP contribution in [0.5, 0.6) is 0 Å². The molecule has 0 aliphatic carbocycles. The monoisotopic (exact) mass is 222 g/mol. The van der Waals surface area contributed by atoms with Gasteiger partial charge in [-0.2, -0.15) is 23.5 Å². The molecular weight excluding hydrogens is 208 g/mol. The van der Waals surface area contributed by atoms with Crippen LogP contribution >= 0.6 is 23.5 Å². The predicted octanol–water partition coefficient (Wildman–Crippen LogP) is 1.75. The summed E-state index contributed by atoms with van der Waals surface area (Å²) in [6.45, 7) is 0. The molecule has 2 unspecified atom stereocenters. The Balaban J connectivity index is 1.84. The van der Waals surface area contributed by atoms with Gasteiger partial charge in [-0.15, -0.1) is 0 Å². The zero-order valence-corrected chi connectivity index (χ0v) is 9.48. The third kappa shape index (κ3) is 2.08. The Morgan fingerprint density at radius 1 is 1.00 bits per heavy atom.